The summed E-state index contributed by atoms with van der Waals surface area (Å²) in [7, 11) is 0.853. The number of thiocarbonyl (C=S) groups is 1. The molecule has 0 aliphatic carbocycles. The van der Waals surface area contributed by atoms with Crippen molar-refractivity contribution in [3.8, 4) is 0 Å². The molecule has 25 heavy (non-hydrogen) atoms. The van der Waals surface area contributed by atoms with E-state index in [2.05, 4.69) is 24.7 Å². The highest BCUT2D eigenvalue weighted by Crippen LogP contribution is 2.16. The van der Waals surface area contributed by atoms with Gasteiger partial charge in [-0.1, -0.05) is 26.0 Å². The first-order valence-electron chi connectivity index (χ1n) is 8.71. The van der Waals surface area contributed by atoms with Crippen molar-refractivity contribution < 1.29 is 13.3 Å². The summed E-state index contributed by atoms with van der Waals surface area (Å²) in [6, 6.07) is 6.95. The molecule has 0 amide bonds. The highest BCUT2D eigenvalue weighted by molar-refractivity contribution is 7.89. The van der Waals surface area contributed by atoms with Crippen LogP contribution in [0.3, 0.4) is 0 Å². The largest absolute Gasteiger partial charge is 0.363 e. The van der Waals surface area contributed by atoms with Gasteiger partial charge in [0.25, 0.3) is 0 Å². The van der Waals surface area contributed by atoms with Crippen LogP contribution in [-0.4, -0.2) is 58.1 Å². The summed E-state index contributed by atoms with van der Waals surface area (Å²) in [5.74, 6) is 0. The summed E-state index contributed by atoms with van der Waals surface area (Å²) < 4.78 is 26.3. The fourth-order valence-electron chi connectivity index (χ4n) is 2.38. The van der Waals surface area contributed by atoms with Crippen LogP contribution in [0.15, 0.2) is 29.2 Å². The zero-order chi connectivity index (χ0) is 18.9. The zero-order valence-electron chi connectivity index (χ0n) is 15.6. The normalized spacial score (nSPS) is 11.8. The van der Waals surface area contributed by atoms with E-state index in [0.717, 1.165) is 25.1 Å². The Morgan fingerprint density at radius 1 is 1.12 bits per heavy atom. The molecule has 0 bridgehead atoms. The van der Waals surface area contributed by atoms with Crippen LogP contribution in [0.25, 0.3) is 0 Å². The fourth-order valence-corrected chi connectivity index (χ4v) is 4.01. The van der Waals surface area contributed by atoms with Crippen molar-refractivity contribution in [1.82, 2.24) is 14.9 Å². The van der Waals surface area contributed by atoms with Gasteiger partial charge in [-0.05, 0) is 29.9 Å². The Balaban J connectivity index is 2.51. The Morgan fingerprint density at radius 3 is 2.24 bits per heavy atom. The van der Waals surface area contributed by atoms with Crippen molar-refractivity contribution in [3.63, 3.8) is 0 Å². The molecule has 3 N–H and O–H groups in total. The number of hydrogen-bond acceptors (Lipinski definition) is 3. The van der Waals surface area contributed by atoms with Crippen LogP contribution in [-0.2, 0) is 16.6 Å². The second-order valence-electron chi connectivity index (χ2n) is 6.15. The monoisotopic (exact) mass is 387 g/mol. The molecule has 0 aromatic heterocycles. The van der Waals surface area contributed by atoms with Crippen molar-refractivity contribution in [1.29, 1.82) is 0 Å². The molecule has 0 aliphatic heterocycles. The second-order valence-corrected chi connectivity index (χ2v) is 8.50. The maximum Gasteiger partial charge on any atom is 0.243 e. The predicted molar refractivity (Wildman–Crippen MR) is 106 cm³/mol. The van der Waals surface area contributed by atoms with Crippen LogP contribution in [0.1, 0.15) is 25.8 Å². The molecule has 0 fully saturated rings. The molecular formula is C17H31N4O2S2+. The average molecular weight is 388 g/mol. The molecule has 0 heterocycles. The van der Waals surface area contributed by atoms with Crippen LogP contribution in [0.2, 0.25) is 0 Å². The van der Waals surface area contributed by atoms with Gasteiger partial charge in [-0.2, -0.15) is 4.31 Å². The molecule has 0 saturated carbocycles. The van der Waals surface area contributed by atoms with E-state index in [1.165, 1.54) is 9.21 Å². The van der Waals surface area contributed by atoms with E-state index < -0.39 is 10.0 Å². The van der Waals surface area contributed by atoms with E-state index in [1.807, 2.05) is 26.0 Å². The lowest BCUT2D eigenvalue weighted by Gasteiger charge is -2.18. The van der Waals surface area contributed by atoms with Crippen LogP contribution >= 0.6 is 12.2 Å². The summed E-state index contributed by atoms with van der Waals surface area (Å²) in [5.41, 5.74) is 0.986. The highest BCUT2D eigenvalue weighted by Gasteiger charge is 2.21. The molecule has 0 atom stereocenters. The summed E-state index contributed by atoms with van der Waals surface area (Å²) in [6.45, 7) is 7.13. The van der Waals surface area contributed by atoms with Crippen molar-refractivity contribution in [3.05, 3.63) is 29.8 Å². The SMILES string of the molecule is CCN(CC)S(=O)(=O)c1ccc(CNC(=S)NCCC[NH+](C)C)cc1. The van der Waals surface area contributed by atoms with E-state index in [1.54, 1.807) is 12.1 Å². The topological polar surface area (TPSA) is 65.9 Å². The van der Waals surface area contributed by atoms with Gasteiger partial charge in [0.15, 0.2) is 5.11 Å². The van der Waals surface area contributed by atoms with E-state index in [-0.39, 0.29) is 0 Å². The molecule has 6 nitrogen and oxygen atoms in total. The average Bonchev–Trinajstić information content (AvgIpc) is 2.58. The van der Waals surface area contributed by atoms with E-state index in [4.69, 9.17) is 12.2 Å². The number of sulfonamides is 1. The Bertz CT molecular complexity index is 627. The third-order valence-electron chi connectivity index (χ3n) is 3.86. The molecule has 0 aliphatic rings. The number of rotatable bonds is 10. The Morgan fingerprint density at radius 2 is 1.72 bits per heavy atom. The van der Waals surface area contributed by atoms with E-state index in [9.17, 15) is 8.42 Å². The van der Waals surface area contributed by atoms with Crippen molar-refractivity contribution in [2.24, 2.45) is 0 Å². The second kappa shape index (κ2) is 10.7. The lowest BCUT2D eigenvalue weighted by atomic mass is 10.2. The molecule has 0 radical (unpaired) electrons. The quantitative estimate of drug-likeness (QED) is 0.396. The van der Waals surface area contributed by atoms with Gasteiger partial charge in [0.1, 0.15) is 0 Å². The zero-order valence-corrected chi connectivity index (χ0v) is 17.3. The summed E-state index contributed by atoms with van der Waals surface area (Å²) in [5, 5.41) is 6.94. The van der Waals surface area contributed by atoms with Crippen LogP contribution in [0.4, 0.5) is 0 Å². The Hall–Kier alpha value is -1.22. The lowest BCUT2D eigenvalue weighted by molar-refractivity contribution is -0.858. The van der Waals surface area contributed by atoms with Gasteiger partial charge < -0.3 is 15.5 Å². The van der Waals surface area contributed by atoms with E-state index in [0.29, 0.717) is 29.6 Å². The maximum absolute atomic E-state index is 12.4. The molecule has 1 rings (SSSR count). The standard InChI is InChI=1S/C17H30N4O2S2/c1-5-21(6-2)25(22,23)16-10-8-15(9-11-16)14-19-17(24)18-12-7-13-20(3)4/h8-11H,5-7,12-14H2,1-4H3,(H2,18,19,24)/p+1. The number of nitrogens with zero attached hydrogens (tertiary/aromatic N) is 1. The minimum Gasteiger partial charge on any atom is -0.363 e. The van der Waals surface area contributed by atoms with Crippen molar-refractivity contribution >= 4 is 27.4 Å². The van der Waals surface area contributed by atoms with Crippen molar-refractivity contribution in [2.45, 2.75) is 31.7 Å². The number of nitrogens with one attached hydrogen (secondary N) is 3. The molecule has 0 saturated heterocycles. The Labute approximate surface area is 157 Å². The van der Waals surface area contributed by atoms with Crippen LogP contribution < -0.4 is 15.5 Å². The number of benzene rings is 1. The van der Waals surface area contributed by atoms with Gasteiger partial charge in [0.05, 0.1) is 25.5 Å². The number of quaternary nitrogens is 1. The third-order valence-corrected chi connectivity index (χ3v) is 6.21. The van der Waals surface area contributed by atoms with E-state index >= 15 is 0 Å². The highest BCUT2D eigenvalue weighted by atomic mass is 32.2. The molecule has 0 spiro atoms. The molecule has 0 unspecified atom stereocenters. The summed E-state index contributed by atoms with van der Waals surface area (Å²) in [4.78, 5) is 1.74. The van der Waals surface area contributed by atoms with Gasteiger partial charge in [-0.3, -0.25) is 0 Å². The van der Waals surface area contributed by atoms with Gasteiger partial charge in [0, 0.05) is 32.6 Å². The minimum absolute atomic E-state index is 0.326. The first kappa shape index (κ1) is 21.8. The fraction of sp³-hybridized carbons (Fsp3) is 0.588. The first-order valence-corrected chi connectivity index (χ1v) is 10.6. The summed E-state index contributed by atoms with van der Waals surface area (Å²) >= 11 is 5.25. The lowest BCUT2D eigenvalue weighted by Crippen LogP contribution is -3.05. The smallest absolute Gasteiger partial charge is 0.243 e. The van der Waals surface area contributed by atoms with Gasteiger partial charge >= 0.3 is 0 Å². The molecular weight excluding hydrogens is 356 g/mol. The molecule has 1 aromatic rings. The van der Waals surface area contributed by atoms with Gasteiger partial charge in [-0.25, -0.2) is 8.42 Å². The molecule has 1 aromatic carbocycles. The minimum atomic E-state index is -3.40. The maximum atomic E-state index is 12.4. The van der Waals surface area contributed by atoms with Crippen LogP contribution in [0, 0.1) is 0 Å². The van der Waals surface area contributed by atoms with Crippen LogP contribution in [0.5, 0.6) is 0 Å². The summed E-state index contributed by atoms with van der Waals surface area (Å²) in [6.07, 6.45) is 1.06. The number of hydrogen-bond donors (Lipinski definition) is 3. The van der Waals surface area contributed by atoms with Crippen molar-refractivity contribution in [2.75, 3.05) is 40.3 Å². The predicted octanol–water partition coefficient (Wildman–Crippen LogP) is 0.216. The first-order chi connectivity index (χ1) is 11.8. The van der Waals surface area contributed by atoms with Gasteiger partial charge in [-0.15, -0.1) is 0 Å². The molecule has 8 heteroatoms. The molecule has 142 valence electrons. The van der Waals surface area contributed by atoms with Gasteiger partial charge in [0.2, 0.25) is 10.0 Å². The Kier molecular flexibility index (Phi) is 9.34. The third kappa shape index (κ3) is 7.27.